The molecule has 0 aromatic heterocycles. The van der Waals surface area contributed by atoms with Crippen molar-refractivity contribution in [1.82, 2.24) is 0 Å². The number of hydrogen-bond donors (Lipinski definition) is 0. The highest BCUT2D eigenvalue weighted by atomic mass is 28.3. The van der Waals surface area contributed by atoms with Gasteiger partial charge in [-0.3, -0.25) is 0 Å². The maximum atomic E-state index is 2.57. The molecule has 0 fully saturated rings. The molecule has 0 radical (unpaired) electrons. The predicted octanol–water partition coefficient (Wildman–Crippen LogP) is 5.23. The Morgan fingerprint density at radius 3 is 2.41 bits per heavy atom. The Hall–Kier alpha value is -0.823. The van der Waals surface area contributed by atoms with Gasteiger partial charge in [0.25, 0.3) is 0 Å². The van der Waals surface area contributed by atoms with E-state index in [9.17, 15) is 0 Å². The second kappa shape index (κ2) is 4.13. The van der Waals surface area contributed by atoms with Crippen molar-refractivity contribution in [3.8, 4) is 0 Å². The molecule has 0 heterocycles. The highest BCUT2D eigenvalue weighted by Crippen LogP contribution is 2.50. The second-order valence-electron chi connectivity index (χ2n) is 6.49. The first-order chi connectivity index (χ1) is 7.90. The molecule has 2 atom stereocenters. The van der Waals surface area contributed by atoms with Crippen LogP contribution in [0.2, 0.25) is 17.6 Å². The van der Waals surface area contributed by atoms with E-state index in [1.165, 1.54) is 11.6 Å². The summed E-state index contributed by atoms with van der Waals surface area (Å²) < 4.78 is 0. The summed E-state index contributed by atoms with van der Waals surface area (Å²) in [5.41, 5.74) is 3.70. The highest BCUT2D eigenvalue weighted by Gasteiger charge is 2.45. The fraction of sp³-hybridized carbons (Fsp3) is 0.500. The van der Waals surface area contributed by atoms with E-state index in [1.807, 2.05) is 0 Å². The monoisotopic (exact) mass is 244 g/mol. The van der Waals surface area contributed by atoms with Gasteiger partial charge in [-0.2, -0.15) is 0 Å². The molecule has 0 aliphatic heterocycles. The molecule has 17 heavy (non-hydrogen) atoms. The maximum Gasteiger partial charge on any atom is 0.0677 e. The fourth-order valence-electron chi connectivity index (χ4n) is 3.02. The zero-order valence-corrected chi connectivity index (χ0v) is 12.7. The number of hydrogen-bond acceptors (Lipinski definition) is 0. The number of benzene rings is 1. The summed E-state index contributed by atoms with van der Waals surface area (Å²) in [7, 11) is -1.33. The van der Waals surface area contributed by atoms with Gasteiger partial charge in [-0.1, -0.05) is 76.7 Å². The minimum Gasteiger partial charge on any atom is -0.0791 e. The second-order valence-corrected chi connectivity index (χ2v) is 12.2. The van der Waals surface area contributed by atoms with Gasteiger partial charge in [-0.15, -0.1) is 0 Å². The first-order valence-electron chi connectivity index (χ1n) is 6.67. The molecule has 1 aliphatic rings. The number of rotatable bonds is 2. The number of allylic oxidation sites excluding steroid dienone is 1. The first-order valence-corrected chi connectivity index (χ1v) is 9.46. The molecule has 0 saturated carbocycles. The highest BCUT2D eigenvalue weighted by molar-refractivity contribution is 6.83. The van der Waals surface area contributed by atoms with E-state index in [0.717, 1.165) is 0 Å². The van der Waals surface area contributed by atoms with Crippen LogP contribution < -0.4 is 0 Å². The van der Waals surface area contributed by atoms with Gasteiger partial charge in [0.2, 0.25) is 0 Å². The fourth-order valence-corrected chi connectivity index (χ4v) is 6.93. The molecular formula is C16H24Si. The van der Waals surface area contributed by atoms with Gasteiger partial charge >= 0.3 is 0 Å². The first kappa shape index (κ1) is 12.6. The van der Waals surface area contributed by atoms with Crippen LogP contribution >= 0.6 is 0 Å². The van der Waals surface area contributed by atoms with E-state index in [0.29, 0.717) is 10.6 Å². The normalized spacial score (nSPS) is 22.3. The van der Waals surface area contributed by atoms with E-state index in [-0.39, 0.29) is 0 Å². The van der Waals surface area contributed by atoms with Gasteiger partial charge in [0.15, 0.2) is 0 Å². The molecule has 0 N–H and O–H groups in total. The van der Waals surface area contributed by atoms with Gasteiger partial charge in [0.1, 0.15) is 0 Å². The van der Waals surface area contributed by atoms with Crippen LogP contribution in [0.3, 0.4) is 0 Å². The number of fused-ring (bicyclic) bond motifs is 1. The minimum absolute atomic E-state index is 0.453. The van der Waals surface area contributed by atoms with Crippen LogP contribution in [0.25, 0.3) is 6.08 Å². The zero-order chi connectivity index (χ0) is 12.7. The Labute approximate surface area is 107 Å². The van der Waals surface area contributed by atoms with Crippen molar-refractivity contribution in [3.05, 3.63) is 41.5 Å². The van der Waals surface area contributed by atoms with Crippen LogP contribution in [0.5, 0.6) is 0 Å². The molecule has 2 unspecified atom stereocenters. The molecule has 2 rings (SSSR count). The average molecular weight is 244 g/mol. The van der Waals surface area contributed by atoms with Crippen LogP contribution in [0.4, 0.5) is 0 Å². The van der Waals surface area contributed by atoms with Crippen LogP contribution in [-0.2, 0) is 0 Å². The average Bonchev–Trinajstić information content (AvgIpc) is 2.70. The third-order valence-electron chi connectivity index (χ3n) is 4.93. The molecule has 1 aromatic rings. The van der Waals surface area contributed by atoms with Crippen molar-refractivity contribution in [2.45, 2.75) is 50.9 Å². The summed E-state index contributed by atoms with van der Waals surface area (Å²) in [5, 5.41) is 0.453. The van der Waals surface area contributed by atoms with Gasteiger partial charge in [-0.05, 0) is 21.7 Å². The molecule has 1 aliphatic carbocycles. The van der Waals surface area contributed by atoms with Crippen LogP contribution in [-0.4, -0.2) is 8.07 Å². The summed E-state index contributed by atoms with van der Waals surface area (Å²) in [4.78, 5) is 0. The minimum atomic E-state index is -1.33. The smallest absolute Gasteiger partial charge is 0.0677 e. The molecule has 0 bridgehead atoms. The summed E-state index contributed by atoms with van der Waals surface area (Å²) in [6.07, 6.45) is 4.79. The third-order valence-corrected chi connectivity index (χ3v) is 11.7. The predicted molar refractivity (Wildman–Crippen MR) is 80.0 cm³/mol. The van der Waals surface area contributed by atoms with Crippen molar-refractivity contribution in [2.24, 2.45) is 0 Å². The van der Waals surface area contributed by atoms with E-state index in [1.54, 1.807) is 5.56 Å². The zero-order valence-electron chi connectivity index (χ0n) is 11.7. The summed E-state index contributed by atoms with van der Waals surface area (Å²) in [6.45, 7) is 12.2. The van der Waals surface area contributed by atoms with E-state index in [2.05, 4.69) is 70.7 Å². The molecule has 0 amide bonds. The molecule has 92 valence electrons. The van der Waals surface area contributed by atoms with Crippen molar-refractivity contribution in [3.63, 3.8) is 0 Å². The van der Waals surface area contributed by atoms with Gasteiger partial charge in [0, 0.05) is 0 Å². The summed E-state index contributed by atoms with van der Waals surface area (Å²) in [5.74, 6) is 0. The van der Waals surface area contributed by atoms with Crippen molar-refractivity contribution in [2.75, 3.05) is 0 Å². The Morgan fingerprint density at radius 2 is 1.82 bits per heavy atom. The van der Waals surface area contributed by atoms with Crippen LogP contribution in [0.15, 0.2) is 30.3 Å². The molecule has 1 heteroatoms. The van der Waals surface area contributed by atoms with Gasteiger partial charge < -0.3 is 0 Å². The van der Waals surface area contributed by atoms with Crippen molar-refractivity contribution < 1.29 is 0 Å². The Balaban J connectivity index is 2.46. The lowest BCUT2D eigenvalue weighted by Crippen LogP contribution is -2.45. The quantitative estimate of drug-likeness (QED) is 0.624. The Morgan fingerprint density at radius 1 is 1.18 bits per heavy atom. The van der Waals surface area contributed by atoms with Crippen molar-refractivity contribution in [1.29, 1.82) is 0 Å². The van der Waals surface area contributed by atoms with Crippen LogP contribution in [0.1, 0.15) is 44.4 Å². The molecule has 0 nitrogen and oxygen atoms in total. The van der Waals surface area contributed by atoms with E-state index >= 15 is 0 Å². The summed E-state index contributed by atoms with van der Waals surface area (Å²) in [6, 6.07) is 10.3. The van der Waals surface area contributed by atoms with E-state index < -0.39 is 8.07 Å². The topological polar surface area (TPSA) is 0 Å². The lowest BCUT2D eigenvalue weighted by Gasteiger charge is -2.44. The largest absolute Gasteiger partial charge is 0.0791 e. The van der Waals surface area contributed by atoms with E-state index in [4.69, 9.17) is 0 Å². The van der Waals surface area contributed by atoms with Gasteiger partial charge in [0.05, 0.1) is 8.07 Å². The molecule has 0 spiro atoms. The van der Waals surface area contributed by atoms with Gasteiger partial charge in [-0.25, -0.2) is 0 Å². The summed E-state index contributed by atoms with van der Waals surface area (Å²) >= 11 is 0. The Kier molecular flexibility index (Phi) is 3.07. The maximum absolute atomic E-state index is 2.57. The molecular weight excluding hydrogens is 220 g/mol. The molecule has 0 saturated heterocycles. The standard InChI is InChI=1S/C16H24Si/c1-6-17(5,16(2,3)4)15-12-11-13-9-7-8-10-14(13)15/h7-12,15H,6H2,1-5H3. The third kappa shape index (κ3) is 1.91. The van der Waals surface area contributed by atoms with Crippen LogP contribution in [0, 0.1) is 0 Å². The SMILES string of the molecule is CC[Si](C)(C1C=Cc2ccccc21)C(C)(C)C. The molecule has 1 aromatic carbocycles. The Bertz CT molecular complexity index is 439. The lowest BCUT2D eigenvalue weighted by atomic mass is 10.1. The van der Waals surface area contributed by atoms with Crippen molar-refractivity contribution >= 4 is 14.1 Å². The lowest BCUT2D eigenvalue weighted by molar-refractivity contribution is 0.696.